The van der Waals surface area contributed by atoms with Crippen molar-refractivity contribution < 1.29 is 9.90 Å². The summed E-state index contributed by atoms with van der Waals surface area (Å²) in [6, 6.07) is 4.59. The highest BCUT2D eigenvalue weighted by atomic mass is 35.5. The summed E-state index contributed by atoms with van der Waals surface area (Å²) >= 11 is 5.96. The summed E-state index contributed by atoms with van der Waals surface area (Å²) in [6.45, 7) is 2.42. The number of benzene rings is 1. The molecule has 0 spiro atoms. The molecule has 1 aromatic carbocycles. The second kappa shape index (κ2) is 6.71. The summed E-state index contributed by atoms with van der Waals surface area (Å²) in [6.07, 6.45) is 8.42. The van der Waals surface area contributed by atoms with Gasteiger partial charge in [0, 0.05) is 43.0 Å². The van der Waals surface area contributed by atoms with Gasteiger partial charge in [0.2, 0.25) is 0 Å². The van der Waals surface area contributed by atoms with Gasteiger partial charge < -0.3 is 14.6 Å². The average Bonchev–Trinajstić information content (AvgIpc) is 3.32. The first-order valence-corrected chi connectivity index (χ1v) is 9.28. The van der Waals surface area contributed by atoms with Crippen LogP contribution in [0.2, 0.25) is 5.02 Å². The number of likely N-dealkylation sites (tertiary alicyclic amines) is 1. The molecule has 2 aromatic rings. The highest BCUT2D eigenvalue weighted by Gasteiger charge is 2.29. The molecular weight excluding hydrogens is 338 g/mol. The van der Waals surface area contributed by atoms with E-state index in [4.69, 9.17) is 11.6 Å². The number of aromatic hydroxyl groups is 1. The quantitative estimate of drug-likeness (QED) is 0.906. The average molecular weight is 360 g/mol. The minimum Gasteiger partial charge on any atom is -0.507 e. The lowest BCUT2D eigenvalue weighted by atomic mass is 9.95. The number of imidazole rings is 1. The molecule has 4 rings (SSSR count). The van der Waals surface area contributed by atoms with Crippen LogP contribution < -0.4 is 0 Å². The molecule has 1 aliphatic heterocycles. The SMILES string of the molecule is O=C(c1cc(Cl)ccc1O)N1CCC(c2nccn2CC2CC2)CC1. The molecule has 0 unspecified atom stereocenters. The molecule has 2 aliphatic rings. The lowest BCUT2D eigenvalue weighted by Crippen LogP contribution is -2.38. The van der Waals surface area contributed by atoms with E-state index in [-0.39, 0.29) is 17.2 Å². The van der Waals surface area contributed by atoms with E-state index >= 15 is 0 Å². The van der Waals surface area contributed by atoms with Crippen molar-refractivity contribution in [2.45, 2.75) is 38.1 Å². The highest BCUT2D eigenvalue weighted by Crippen LogP contribution is 2.34. The van der Waals surface area contributed by atoms with Crippen LogP contribution in [0, 0.1) is 5.92 Å². The fourth-order valence-corrected chi connectivity index (χ4v) is 3.78. The molecule has 2 fully saturated rings. The van der Waals surface area contributed by atoms with Crippen molar-refractivity contribution in [2.24, 2.45) is 5.92 Å². The standard InChI is InChI=1S/C19H22ClN3O2/c20-15-3-4-17(24)16(11-15)19(25)22-8-5-14(6-9-22)18-21-7-10-23(18)12-13-1-2-13/h3-4,7,10-11,13-14,24H,1-2,5-6,8-9,12H2. The molecule has 0 radical (unpaired) electrons. The number of hydrogen-bond donors (Lipinski definition) is 1. The molecule has 25 heavy (non-hydrogen) atoms. The molecule has 1 aliphatic carbocycles. The van der Waals surface area contributed by atoms with Gasteiger partial charge in [-0.3, -0.25) is 4.79 Å². The Kier molecular flexibility index (Phi) is 4.42. The van der Waals surface area contributed by atoms with Crippen LogP contribution in [0.4, 0.5) is 0 Å². The maximum absolute atomic E-state index is 12.7. The van der Waals surface area contributed by atoms with E-state index in [1.165, 1.54) is 25.0 Å². The van der Waals surface area contributed by atoms with Gasteiger partial charge in [-0.05, 0) is 49.8 Å². The maximum atomic E-state index is 12.7. The van der Waals surface area contributed by atoms with Gasteiger partial charge in [-0.1, -0.05) is 11.6 Å². The van der Waals surface area contributed by atoms with Crippen molar-refractivity contribution in [1.29, 1.82) is 0 Å². The van der Waals surface area contributed by atoms with Gasteiger partial charge in [-0.15, -0.1) is 0 Å². The smallest absolute Gasteiger partial charge is 0.257 e. The Bertz CT molecular complexity index is 777. The number of carbonyl (C=O) groups excluding carboxylic acids is 1. The number of halogens is 1. The van der Waals surface area contributed by atoms with E-state index in [0.717, 1.165) is 31.1 Å². The monoisotopic (exact) mass is 359 g/mol. The predicted molar refractivity (Wildman–Crippen MR) is 95.9 cm³/mol. The first-order valence-electron chi connectivity index (χ1n) is 8.90. The number of aromatic nitrogens is 2. The molecule has 1 saturated heterocycles. The topological polar surface area (TPSA) is 58.4 Å². The summed E-state index contributed by atoms with van der Waals surface area (Å²) in [5.41, 5.74) is 0.279. The molecule has 0 bridgehead atoms. The molecule has 132 valence electrons. The van der Waals surface area contributed by atoms with Crippen molar-refractivity contribution in [3.63, 3.8) is 0 Å². The Morgan fingerprint density at radius 2 is 2.00 bits per heavy atom. The molecule has 1 saturated carbocycles. The first-order chi connectivity index (χ1) is 12.1. The summed E-state index contributed by atoms with van der Waals surface area (Å²) in [5, 5.41) is 10.4. The third-order valence-corrected chi connectivity index (χ3v) is 5.47. The molecule has 5 nitrogen and oxygen atoms in total. The van der Waals surface area contributed by atoms with Gasteiger partial charge in [0.1, 0.15) is 11.6 Å². The second-order valence-electron chi connectivity index (χ2n) is 7.11. The second-order valence-corrected chi connectivity index (χ2v) is 7.55. The zero-order valence-electron chi connectivity index (χ0n) is 14.1. The van der Waals surface area contributed by atoms with E-state index < -0.39 is 0 Å². The Balaban J connectivity index is 1.42. The van der Waals surface area contributed by atoms with Crippen LogP contribution in [0.5, 0.6) is 5.75 Å². The summed E-state index contributed by atoms with van der Waals surface area (Å²) in [7, 11) is 0. The summed E-state index contributed by atoms with van der Waals surface area (Å²) in [4.78, 5) is 19.1. The van der Waals surface area contributed by atoms with Crippen molar-refractivity contribution in [3.05, 3.63) is 47.0 Å². The predicted octanol–water partition coefficient (Wildman–Crippen LogP) is 3.67. The highest BCUT2D eigenvalue weighted by molar-refractivity contribution is 6.31. The Morgan fingerprint density at radius 1 is 1.24 bits per heavy atom. The molecule has 6 heteroatoms. The Hall–Kier alpha value is -2.01. The van der Waals surface area contributed by atoms with Crippen LogP contribution in [0.15, 0.2) is 30.6 Å². The normalized spacial score (nSPS) is 18.5. The Morgan fingerprint density at radius 3 is 2.72 bits per heavy atom. The summed E-state index contributed by atoms with van der Waals surface area (Å²) < 4.78 is 2.29. The van der Waals surface area contributed by atoms with E-state index in [1.807, 2.05) is 6.20 Å². The lowest BCUT2D eigenvalue weighted by molar-refractivity contribution is 0.0707. The van der Waals surface area contributed by atoms with Crippen molar-refractivity contribution in [3.8, 4) is 5.75 Å². The van der Waals surface area contributed by atoms with E-state index in [1.54, 1.807) is 11.0 Å². The van der Waals surface area contributed by atoms with Gasteiger partial charge in [0.25, 0.3) is 5.91 Å². The molecule has 0 atom stereocenters. The number of amides is 1. The number of hydrogen-bond acceptors (Lipinski definition) is 3. The first kappa shape index (κ1) is 16.5. The van der Waals surface area contributed by atoms with E-state index in [9.17, 15) is 9.90 Å². The zero-order chi connectivity index (χ0) is 17.4. The van der Waals surface area contributed by atoms with Gasteiger partial charge in [-0.25, -0.2) is 4.98 Å². The molecule has 1 N–H and O–H groups in total. The van der Waals surface area contributed by atoms with Gasteiger partial charge in [0.05, 0.1) is 5.56 Å². The van der Waals surface area contributed by atoms with Crippen molar-refractivity contribution in [2.75, 3.05) is 13.1 Å². The number of carbonyl (C=O) groups is 1. The van der Waals surface area contributed by atoms with Crippen LogP contribution in [0.25, 0.3) is 0 Å². The van der Waals surface area contributed by atoms with Crippen molar-refractivity contribution >= 4 is 17.5 Å². The third kappa shape index (κ3) is 3.52. The van der Waals surface area contributed by atoms with Crippen LogP contribution in [-0.4, -0.2) is 38.6 Å². The zero-order valence-corrected chi connectivity index (χ0v) is 14.8. The molecule has 1 amide bonds. The minimum atomic E-state index is -0.153. The number of phenols is 1. The Labute approximate surface area is 152 Å². The van der Waals surface area contributed by atoms with Gasteiger partial charge >= 0.3 is 0 Å². The molecule has 1 aromatic heterocycles. The fraction of sp³-hybridized carbons (Fsp3) is 0.474. The third-order valence-electron chi connectivity index (χ3n) is 5.24. The summed E-state index contributed by atoms with van der Waals surface area (Å²) in [5.74, 6) is 2.20. The van der Waals surface area contributed by atoms with Crippen LogP contribution >= 0.6 is 11.6 Å². The van der Waals surface area contributed by atoms with Crippen LogP contribution in [0.1, 0.15) is 47.8 Å². The minimum absolute atomic E-state index is 0.0171. The maximum Gasteiger partial charge on any atom is 0.257 e. The van der Waals surface area contributed by atoms with Crippen LogP contribution in [0.3, 0.4) is 0 Å². The fourth-order valence-electron chi connectivity index (χ4n) is 3.60. The van der Waals surface area contributed by atoms with E-state index in [0.29, 0.717) is 24.0 Å². The van der Waals surface area contributed by atoms with E-state index in [2.05, 4.69) is 15.7 Å². The number of piperidine rings is 1. The number of nitrogens with zero attached hydrogens (tertiary/aromatic N) is 3. The number of rotatable bonds is 4. The van der Waals surface area contributed by atoms with Crippen molar-refractivity contribution in [1.82, 2.24) is 14.5 Å². The molecule has 2 heterocycles. The number of phenolic OH excluding ortho intramolecular Hbond substituents is 1. The lowest BCUT2D eigenvalue weighted by Gasteiger charge is -2.32. The van der Waals surface area contributed by atoms with Crippen LogP contribution in [-0.2, 0) is 6.54 Å². The molecular formula is C19H22ClN3O2. The van der Waals surface area contributed by atoms with Gasteiger partial charge in [-0.2, -0.15) is 0 Å². The largest absolute Gasteiger partial charge is 0.507 e. The van der Waals surface area contributed by atoms with Gasteiger partial charge in [0.15, 0.2) is 0 Å².